The number of aliphatic hydroxyl groups excluding tert-OH is 2. The van der Waals surface area contributed by atoms with Crippen molar-refractivity contribution >= 4 is 0 Å². The highest BCUT2D eigenvalue weighted by Crippen LogP contribution is 2.06. The maximum absolute atomic E-state index is 9.42. The number of rotatable bonds is 5. The molecule has 2 N–H and O–H groups in total. The van der Waals surface area contributed by atoms with Crippen LogP contribution < -0.4 is 0 Å². The average molecular weight is 216 g/mol. The van der Waals surface area contributed by atoms with Gasteiger partial charge in [0, 0.05) is 0 Å². The monoisotopic (exact) mass is 216 g/mol. The molecule has 15 heavy (non-hydrogen) atoms. The minimum absolute atomic E-state index is 0.168. The van der Waals surface area contributed by atoms with Gasteiger partial charge in [-0.05, 0) is 20.8 Å². The maximum atomic E-state index is 9.42. The van der Waals surface area contributed by atoms with E-state index in [0.717, 1.165) is 0 Å². The summed E-state index contributed by atoms with van der Waals surface area (Å²) < 4.78 is 10.4. The van der Waals surface area contributed by atoms with Crippen LogP contribution in [0, 0.1) is 11.8 Å². The van der Waals surface area contributed by atoms with Gasteiger partial charge in [0.05, 0.1) is 18.8 Å². The summed E-state index contributed by atoms with van der Waals surface area (Å²) in [6.07, 6.45) is -0.639. The molecule has 1 unspecified atom stereocenters. The number of aliphatic hydroxyl groups is 2. The fourth-order valence-electron chi connectivity index (χ4n) is 0.747. The molecule has 4 nitrogen and oxygen atoms in total. The molecule has 88 valence electrons. The molecule has 0 aromatic carbocycles. The predicted octanol–water partition coefficient (Wildman–Crippen LogP) is 0.175. The molecule has 0 saturated carbocycles. The van der Waals surface area contributed by atoms with Gasteiger partial charge >= 0.3 is 0 Å². The standard InChI is InChI=1S/C11H20O4/c1-11(2,3)15-9-10(13)8-14-7-5-4-6-12/h10,12-13H,6-9H2,1-3H3. The van der Waals surface area contributed by atoms with E-state index in [0.29, 0.717) is 0 Å². The smallest absolute Gasteiger partial charge is 0.107 e. The van der Waals surface area contributed by atoms with Gasteiger partial charge in [-0.15, -0.1) is 0 Å². The molecule has 0 radical (unpaired) electrons. The van der Waals surface area contributed by atoms with Crippen LogP contribution in [0.4, 0.5) is 0 Å². The average Bonchev–Trinajstić information content (AvgIpc) is 2.13. The molecule has 1 atom stereocenters. The summed E-state index contributed by atoms with van der Waals surface area (Å²) in [5, 5.41) is 17.8. The normalized spacial score (nSPS) is 13.1. The third kappa shape index (κ3) is 11.3. The molecule has 0 rings (SSSR count). The Bertz CT molecular complexity index is 209. The van der Waals surface area contributed by atoms with Crippen LogP contribution >= 0.6 is 0 Å². The van der Waals surface area contributed by atoms with Crippen molar-refractivity contribution in [3.8, 4) is 11.8 Å². The molecule has 0 aromatic rings. The van der Waals surface area contributed by atoms with Crippen molar-refractivity contribution in [1.82, 2.24) is 0 Å². The topological polar surface area (TPSA) is 58.9 Å². The van der Waals surface area contributed by atoms with E-state index in [4.69, 9.17) is 14.6 Å². The molecule has 0 aliphatic carbocycles. The highest BCUT2D eigenvalue weighted by Gasteiger charge is 2.13. The molecule has 0 heterocycles. The van der Waals surface area contributed by atoms with Gasteiger partial charge in [-0.2, -0.15) is 0 Å². The lowest BCUT2D eigenvalue weighted by atomic mass is 10.2. The van der Waals surface area contributed by atoms with E-state index in [-0.39, 0.29) is 32.0 Å². The zero-order valence-corrected chi connectivity index (χ0v) is 9.62. The fourth-order valence-corrected chi connectivity index (χ4v) is 0.747. The molecule has 4 heteroatoms. The lowest BCUT2D eigenvalue weighted by Crippen LogP contribution is -2.29. The van der Waals surface area contributed by atoms with Crippen molar-refractivity contribution in [3.05, 3.63) is 0 Å². The van der Waals surface area contributed by atoms with Crippen molar-refractivity contribution in [2.24, 2.45) is 0 Å². The first-order valence-electron chi connectivity index (χ1n) is 4.92. The molecular weight excluding hydrogens is 196 g/mol. The summed E-state index contributed by atoms with van der Waals surface area (Å²) in [4.78, 5) is 0. The summed E-state index contributed by atoms with van der Waals surface area (Å²) in [6.45, 7) is 6.26. The first-order valence-corrected chi connectivity index (χ1v) is 4.92. The molecule has 0 bridgehead atoms. The summed E-state index contributed by atoms with van der Waals surface area (Å²) in [5.74, 6) is 5.03. The number of hydrogen-bond donors (Lipinski definition) is 2. The maximum Gasteiger partial charge on any atom is 0.107 e. The molecular formula is C11H20O4. The van der Waals surface area contributed by atoms with E-state index in [2.05, 4.69) is 11.8 Å². The number of hydrogen-bond acceptors (Lipinski definition) is 4. The summed E-state index contributed by atoms with van der Waals surface area (Å²) in [7, 11) is 0. The molecule has 0 aliphatic rings. The van der Waals surface area contributed by atoms with Crippen LogP contribution in [0.15, 0.2) is 0 Å². The van der Waals surface area contributed by atoms with E-state index in [1.54, 1.807) is 0 Å². The minimum Gasteiger partial charge on any atom is -0.388 e. The first kappa shape index (κ1) is 14.4. The Labute approximate surface area is 91.2 Å². The Morgan fingerprint density at radius 3 is 2.40 bits per heavy atom. The van der Waals surface area contributed by atoms with Crippen LogP contribution in [0.5, 0.6) is 0 Å². The Hall–Kier alpha value is -0.600. The molecule has 0 aromatic heterocycles. The largest absolute Gasteiger partial charge is 0.388 e. The Balaban J connectivity index is 3.45. The van der Waals surface area contributed by atoms with Crippen LogP contribution in [0.3, 0.4) is 0 Å². The van der Waals surface area contributed by atoms with Gasteiger partial charge < -0.3 is 19.7 Å². The van der Waals surface area contributed by atoms with Crippen LogP contribution in [0.1, 0.15) is 20.8 Å². The second-order valence-corrected chi connectivity index (χ2v) is 4.10. The zero-order chi connectivity index (χ0) is 11.7. The molecule has 0 amide bonds. The first-order chi connectivity index (χ1) is 6.95. The van der Waals surface area contributed by atoms with Gasteiger partial charge in [0.25, 0.3) is 0 Å². The van der Waals surface area contributed by atoms with Crippen molar-refractivity contribution in [1.29, 1.82) is 0 Å². The lowest BCUT2D eigenvalue weighted by Gasteiger charge is -2.21. The van der Waals surface area contributed by atoms with E-state index >= 15 is 0 Å². The third-order valence-electron chi connectivity index (χ3n) is 1.40. The fraction of sp³-hybridized carbons (Fsp3) is 0.818. The Kier molecular flexibility index (Phi) is 7.35. The second kappa shape index (κ2) is 7.66. The minimum atomic E-state index is -0.639. The van der Waals surface area contributed by atoms with Crippen molar-refractivity contribution in [2.45, 2.75) is 32.5 Å². The quantitative estimate of drug-likeness (QED) is 0.508. The summed E-state index contributed by atoms with van der Waals surface area (Å²) in [5.41, 5.74) is -0.252. The molecule has 0 fully saturated rings. The van der Waals surface area contributed by atoms with E-state index in [9.17, 15) is 5.11 Å². The predicted molar refractivity (Wildman–Crippen MR) is 57.4 cm³/mol. The SMILES string of the molecule is CC(C)(C)OCC(O)COCC#CCO. The van der Waals surface area contributed by atoms with Gasteiger partial charge in [0.15, 0.2) is 0 Å². The van der Waals surface area contributed by atoms with Crippen LogP contribution in [0.2, 0.25) is 0 Å². The summed E-state index contributed by atoms with van der Waals surface area (Å²) >= 11 is 0. The van der Waals surface area contributed by atoms with E-state index in [1.165, 1.54) is 0 Å². The van der Waals surface area contributed by atoms with Gasteiger partial charge in [-0.1, -0.05) is 11.8 Å². The van der Waals surface area contributed by atoms with Gasteiger partial charge in [0.2, 0.25) is 0 Å². The Morgan fingerprint density at radius 2 is 1.87 bits per heavy atom. The van der Waals surface area contributed by atoms with Crippen LogP contribution in [0.25, 0.3) is 0 Å². The van der Waals surface area contributed by atoms with Crippen molar-refractivity contribution in [3.63, 3.8) is 0 Å². The van der Waals surface area contributed by atoms with Crippen molar-refractivity contribution in [2.75, 3.05) is 26.4 Å². The third-order valence-corrected chi connectivity index (χ3v) is 1.40. The van der Waals surface area contributed by atoms with Gasteiger partial charge in [0.1, 0.15) is 19.3 Å². The Morgan fingerprint density at radius 1 is 1.20 bits per heavy atom. The second-order valence-electron chi connectivity index (χ2n) is 4.10. The lowest BCUT2D eigenvalue weighted by molar-refractivity contribution is -0.0686. The van der Waals surface area contributed by atoms with E-state index in [1.807, 2.05) is 20.8 Å². The number of ether oxygens (including phenoxy) is 2. The van der Waals surface area contributed by atoms with Crippen LogP contribution in [-0.4, -0.2) is 48.3 Å². The summed E-state index contributed by atoms with van der Waals surface area (Å²) in [6, 6.07) is 0. The molecule has 0 saturated heterocycles. The highest BCUT2D eigenvalue weighted by atomic mass is 16.5. The van der Waals surface area contributed by atoms with Crippen LogP contribution in [-0.2, 0) is 9.47 Å². The molecule has 0 aliphatic heterocycles. The van der Waals surface area contributed by atoms with Gasteiger partial charge in [-0.25, -0.2) is 0 Å². The van der Waals surface area contributed by atoms with E-state index < -0.39 is 6.10 Å². The van der Waals surface area contributed by atoms with Crippen molar-refractivity contribution < 1.29 is 19.7 Å². The van der Waals surface area contributed by atoms with Gasteiger partial charge in [-0.3, -0.25) is 0 Å². The molecule has 0 spiro atoms. The zero-order valence-electron chi connectivity index (χ0n) is 9.62. The highest BCUT2D eigenvalue weighted by molar-refractivity contribution is 4.98.